The van der Waals surface area contributed by atoms with Crippen LogP contribution in [0, 0.1) is 0 Å². The van der Waals surface area contributed by atoms with E-state index in [0.717, 1.165) is 31.2 Å². The smallest absolute Gasteiger partial charge is 0.338 e. The van der Waals surface area contributed by atoms with E-state index >= 15 is 0 Å². The van der Waals surface area contributed by atoms with Crippen LogP contribution in [0.3, 0.4) is 0 Å². The number of hydrogen-bond acceptors (Lipinski definition) is 5. The summed E-state index contributed by atoms with van der Waals surface area (Å²) in [6.45, 7) is 6.83. The Hall–Kier alpha value is -2.87. The first kappa shape index (κ1) is 27.4. The van der Waals surface area contributed by atoms with Crippen LogP contribution in [0.4, 0.5) is 10.5 Å². The summed E-state index contributed by atoms with van der Waals surface area (Å²) in [5.74, 6) is -0.496. The molecule has 0 saturated carbocycles. The zero-order valence-electron chi connectivity index (χ0n) is 20.9. The van der Waals surface area contributed by atoms with E-state index in [2.05, 4.69) is 17.6 Å². The van der Waals surface area contributed by atoms with Gasteiger partial charge in [0.1, 0.15) is 6.61 Å². The van der Waals surface area contributed by atoms with Gasteiger partial charge in [-0.1, -0.05) is 51.7 Å². The number of benzene rings is 1. The molecular weight excluding hydrogens is 434 g/mol. The zero-order chi connectivity index (χ0) is 24.9. The van der Waals surface area contributed by atoms with E-state index in [1.165, 1.54) is 20.0 Å². The normalized spacial score (nSPS) is 15.8. The third-order valence-corrected chi connectivity index (χ3v) is 5.82. The van der Waals surface area contributed by atoms with Crippen molar-refractivity contribution in [1.82, 2.24) is 10.2 Å². The molecule has 3 amide bonds. The number of amides is 3. The van der Waals surface area contributed by atoms with Gasteiger partial charge in [-0.25, -0.2) is 9.59 Å². The molecule has 2 N–H and O–H groups in total. The molecule has 1 unspecified atom stereocenters. The van der Waals surface area contributed by atoms with Crippen molar-refractivity contribution in [2.45, 2.75) is 71.8 Å². The number of carbonyl (C=O) groups is 3. The maximum atomic E-state index is 12.9. The summed E-state index contributed by atoms with van der Waals surface area (Å²) in [7, 11) is 1.54. The monoisotopic (exact) mass is 473 g/mol. The predicted molar refractivity (Wildman–Crippen MR) is 132 cm³/mol. The lowest BCUT2D eigenvalue weighted by atomic mass is 9.94. The minimum Gasteiger partial charge on any atom is -0.460 e. The fourth-order valence-corrected chi connectivity index (χ4v) is 3.96. The first-order chi connectivity index (χ1) is 16.4. The van der Waals surface area contributed by atoms with Crippen molar-refractivity contribution in [1.29, 1.82) is 0 Å². The van der Waals surface area contributed by atoms with Crippen LogP contribution in [0.15, 0.2) is 35.5 Å². The van der Waals surface area contributed by atoms with Crippen molar-refractivity contribution in [3.05, 3.63) is 41.1 Å². The summed E-state index contributed by atoms with van der Waals surface area (Å²) in [5.41, 5.74) is 2.40. The van der Waals surface area contributed by atoms with Gasteiger partial charge in [0.25, 0.3) is 0 Å². The summed E-state index contributed by atoms with van der Waals surface area (Å²) in [4.78, 5) is 39.5. The van der Waals surface area contributed by atoms with E-state index in [4.69, 9.17) is 9.47 Å². The molecule has 1 atom stereocenters. The number of nitrogens with one attached hydrogen (secondary N) is 2. The Balaban J connectivity index is 2.13. The molecular formula is C26H39N3O5. The van der Waals surface area contributed by atoms with E-state index < -0.39 is 12.0 Å². The van der Waals surface area contributed by atoms with Crippen LogP contribution in [0.2, 0.25) is 0 Å². The van der Waals surface area contributed by atoms with Crippen LogP contribution < -0.4 is 10.6 Å². The van der Waals surface area contributed by atoms with E-state index in [9.17, 15) is 14.4 Å². The van der Waals surface area contributed by atoms with E-state index in [0.29, 0.717) is 36.5 Å². The van der Waals surface area contributed by atoms with E-state index in [1.54, 1.807) is 24.0 Å². The average molecular weight is 474 g/mol. The molecule has 2 rings (SSSR count). The molecule has 34 heavy (non-hydrogen) atoms. The molecule has 188 valence electrons. The third-order valence-electron chi connectivity index (χ3n) is 5.82. The molecule has 0 saturated heterocycles. The summed E-state index contributed by atoms with van der Waals surface area (Å²) in [6.07, 6.45) is 6.73. The summed E-state index contributed by atoms with van der Waals surface area (Å²) in [6, 6.07) is 6.31. The molecule has 0 bridgehead atoms. The molecule has 1 aromatic carbocycles. The van der Waals surface area contributed by atoms with Crippen molar-refractivity contribution >= 4 is 23.6 Å². The van der Waals surface area contributed by atoms with Crippen LogP contribution in [-0.4, -0.2) is 49.7 Å². The highest BCUT2D eigenvalue weighted by atomic mass is 16.6. The lowest BCUT2D eigenvalue weighted by molar-refractivity contribution is -0.141. The Labute approximate surface area is 203 Å². The molecule has 8 nitrogen and oxygen atoms in total. The van der Waals surface area contributed by atoms with Crippen molar-refractivity contribution < 1.29 is 23.9 Å². The second kappa shape index (κ2) is 14.4. The lowest BCUT2D eigenvalue weighted by Gasteiger charge is -2.35. The van der Waals surface area contributed by atoms with Gasteiger partial charge < -0.3 is 20.1 Å². The molecule has 1 aliphatic rings. The van der Waals surface area contributed by atoms with E-state index in [1.807, 2.05) is 19.1 Å². The third kappa shape index (κ3) is 7.87. The molecule has 0 fully saturated rings. The second-order valence-corrected chi connectivity index (χ2v) is 8.50. The summed E-state index contributed by atoms with van der Waals surface area (Å²) in [5, 5.41) is 5.85. The highest BCUT2D eigenvalue weighted by Crippen LogP contribution is 2.32. The Bertz CT molecular complexity index is 850. The van der Waals surface area contributed by atoms with E-state index in [-0.39, 0.29) is 18.5 Å². The number of allylic oxidation sites excluding steroid dienone is 1. The lowest BCUT2D eigenvalue weighted by Crippen LogP contribution is -2.48. The Kier molecular flexibility index (Phi) is 11.6. The predicted octanol–water partition coefficient (Wildman–Crippen LogP) is 4.93. The van der Waals surface area contributed by atoms with Gasteiger partial charge in [0, 0.05) is 31.5 Å². The number of anilines is 1. The number of methoxy groups -OCH3 is 1. The number of urea groups is 1. The quantitative estimate of drug-likeness (QED) is 0.295. The molecule has 1 aromatic rings. The molecule has 0 aromatic heterocycles. The number of unbranched alkanes of at least 4 members (excludes halogenated alkanes) is 4. The van der Waals surface area contributed by atoms with Crippen LogP contribution in [0.1, 0.15) is 77.3 Å². The minimum absolute atomic E-state index is 0.0106. The van der Waals surface area contributed by atoms with Gasteiger partial charge in [0.15, 0.2) is 0 Å². The minimum atomic E-state index is -0.640. The largest absolute Gasteiger partial charge is 0.460 e. The summed E-state index contributed by atoms with van der Waals surface area (Å²) < 4.78 is 10.4. The SMILES string of the molecule is CCCCCCCC(=O)Nc1ccc(C2NC(=O)N(CCC)C(C)=C2C(=O)OCCOC)cc1. The zero-order valence-corrected chi connectivity index (χ0v) is 20.9. The van der Waals surface area contributed by atoms with Gasteiger partial charge in [-0.15, -0.1) is 0 Å². The summed E-state index contributed by atoms with van der Waals surface area (Å²) >= 11 is 0. The fourth-order valence-electron chi connectivity index (χ4n) is 3.96. The highest BCUT2D eigenvalue weighted by molar-refractivity contribution is 5.95. The maximum Gasteiger partial charge on any atom is 0.338 e. The molecule has 8 heteroatoms. The first-order valence-electron chi connectivity index (χ1n) is 12.3. The standard InChI is InChI=1S/C26H39N3O5/c1-5-7-8-9-10-11-22(30)27-21-14-12-20(13-15-21)24-23(25(31)34-18-17-33-4)19(3)29(16-6-2)26(32)28-24/h12-15,24H,5-11,16-18H2,1-4H3,(H,27,30)(H,28,32). The molecule has 0 radical (unpaired) electrons. The first-order valence-corrected chi connectivity index (χ1v) is 12.3. The highest BCUT2D eigenvalue weighted by Gasteiger charge is 2.36. The van der Waals surface area contributed by atoms with Gasteiger partial charge in [-0.05, 0) is 37.5 Å². The number of carbonyl (C=O) groups excluding carboxylic acids is 3. The number of hydrogen-bond donors (Lipinski definition) is 2. The van der Waals surface area contributed by atoms with Crippen molar-refractivity contribution in [3.63, 3.8) is 0 Å². The molecule has 1 aliphatic heterocycles. The van der Waals surface area contributed by atoms with Crippen molar-refractivity contribution in [2.24, 2.45) is 0 Å². The van der Waals surface area contributed by atoms with Crippen molar-refractivity contribution in [2.75, 3.05) is 32.2 Å². The van der Waals surface area contributed by atoms with Crippen LogP contribution in [0.5, 0.6) is 0 Å². The number of rotatable bonds is 14. The Morgan fingerprint density at radius 2 is 1.74 bits per heavy atom. The Morgan fingerprint density at radius 3 is 2.38 bits per heavy atom. The number of esters is 1. The van der Waals surface area contributed by atoms with Crippen molar-refractivity contribution in [3.8, 4) is 0 Å². The number of nitrogens with zero attached hydrogens (tertiary/aromatic N) is 1. The molecule has 1 heterocycles. The van der Waals surface area contributed by atoms with Crippen LogP contribution in [-0.2, 0) is 19.1 Å². The molecule has 0 aliphatic carbocycles. The maximum absolute atomic E-state index is 12.9. The van der Waals surface area contributed by atoms with Gasteiger partial charge in [0.05, 0.1) is 18.2 Å². The fraction of sp³-hybridized carbons (Fsp3) is 0.577. The van der Waals surface area contributed by atoms with Gasteiger partial charge in [-0.2, -0.15) is 0 Å². The topological polar surface area (TPSA) is 97.0 Å². The molecule has 0 spiro atoms. The van der Waals surface area contributed by atoms with Gasteiger partial charge in [0.2, 0.25) is 5.91 Å². The number of ether oxygens (including phenoxy) is 2. The van der Waals surface area contributed by atoms with Gasteiger partial charge >= 0.3 is 12.0 Å². The van der Waals surface area contributed by atoms with Crippen LogP contribution in [0.25, 0.3) is 0 Å². The Morgan fingerprint density at radius 1 is 1.03 bits per heavy atom. The van der Waals surface area contributed by atoms with Crippen LogP contribution >= 0.6 is 0 Å². The average Bonchev–Trinajstić information content (AvgIpc) is 2.82. The van der Waals surface area contributed by atoms with Gasteiger partial charge in [-0.3, -0.25) is 9.69 Å². The second-order valence-electron chi connectivity index (χ2n) is 8.50.